The van der Waals surface area contributed by atoms with E-state index in [0.717, 1.165) is 37.8 Å². The maximum absolute atomic E-state index is 13.5. The fourth-order valence-electron chi connectivity index (χ4n) is 2.53. The molecule has 0 heterocycles. The number of hydrogen-bond donors (Lipinski definition) is 2. The molecule has 20 heavy (non-hydrogen) atoms. The average Bonchev–Trinajstić information content (AvgIpc) is 2.85. The van der Waals surface area contributed by atoms with Crippen molar-refractivity contribution in [1.29, 1.82) is 0 Å². The van der Waals surface area contributed by atoms with Crippen LogP contribution >= 0.6 is 0 Å². The number of hydrogen-bond acceptors (Lipinski definition) is 3. The molecule has 1 aromatic carbocycles. The first kappa shape index (κ1) is 15.3. The molecular weight excluding hydrogens is 288 g/mol. The van der Waals surface area contributed by atoms with Gasteiger partial charge in [0.25, 0.3) is 0 Å². The third kappa shape index (κ3) is 3.16. The van der Waals surface area contributed by atoms with Gasteiger partial charge in [-0.05, 0) is 25.0 Å². The highest BCUT2D eigenvalue weighted by atomic mass is 32.2. The standard InChI is InChI=1S/C13H17F2NO3S/c14-10-3-4-12(11(15)7-10)20(18,19)16-8-13(9-17)5-1-2-6-13/h3-4,7,16-17H,1-2,5-6,8-9H2. The van der Waals surface area contributed by atoms with Crippen LogP contribution in [-0.4, -0.2) is 26.7 Å². The van der Waals surface area contributed by atoms with Gasteiger partial charge in [0.15, 0.2) is 0 Å². The first-order valence-electron chi connectivity index (χ1n) is 6.44. The highest BCUT2D eigenvalue weighted by Gasteiger charge is 2.34. The molecule has 7 heteroatoms. The molecule has 0 bridgehead atoms. The Morgan fingerprint density at radius 3 is 2.45 bits per heavy atom. The first-order chi connectivity index (χ1) is 9.38. The summed E-state index contributed by atoms with van der Waals surface area (Å²) in [4.78, 5) is -0.579. The highest BCUT2D eigenvalue weighted by Crippen LogP contribution is 2.37. The molecule has 112 valence electrons. The predicted octanol–water partition coefficient (Wildman–Crippen LogP) is 1.80. The molecule has 2 rings (SSSR count). The minimum atomic E-state index is -4.05. The topological polar surface area (TPSA) is 66.4 Å². The normalized spacial score (nSPS) is 18.4. The van der Waals surface area contributed by atoms with Crippen LogP contribution in [0.25, 0.3) is 0 Å². The lowest BCUT2D eigenvalue weighted by Gasteiger charge is -2.26. The molecule has 1 aliphatic carbocycles. The Hall–Kier alpha value is -1.05. The van der Waals surface area contributed by atoms with E-state index in [1.165, 1.54) is 0 Å². The zero-order chi connectivity index (χ0) is 14.8. The summed E-state index contributed by atoms with van der Waals surface area (Å²) in [6.45, 7) is -0.0515. The van der Waals surface area contributed by atoms with Gasteiger partial charge in [-0.25, -0.2) is 21.9 Å². The van der Waals surface area contributed by atoms with Crippen LogP contribution in [0.1, 0.15) is 25.7 Å². The SMILES string of the molecule is O=S(=O)(NCC1(CO)CCCC1)c1ccc(F)cc1F. The molecule has 0 atom stereocenters. The maximum atomic E-state index is 13.5. The van der Waals surface area contributed by atoms with Crippen LogP contribution in [0.2, 0.25) is 0 Å². The van der Waals surface area contributed by atoms with E-state index in [1.54, 1.807) is 0 Å². The number of rotatable bonds is 5. The molecule has 0 amide bonds. The van der Waals surface area contributed by atoms with Crippen LogP contribution in [0, 0.1) is 17.0 Å². The van der Waals surface area contributed by atoms with Gasteiger partial charge in [0.05, 0.1) is 0 Å². The van der Waals surface area contributed by atoms with Gasteiger partial charge in [-0.2, -0.15) is 0 Å². The molecule has 0 saturated heterocycles. The average molecular weight is 305 g/mol. The second-order valence-electron chi connectivity index (χ2n) is 5.26. The molecule has 1 saturated carbocycles. The van der Waals surface area contributed by atoms with Crippen LogP contribution in [0.15, 0.2) is 23.1 Å². The van der Waals surface area contributed by atoms with E-state index < -0.39 is 32.0 Å². The number of sulfonamides is 1. The maximum Gasteiger partial charge on any atom is 0.243 e. The van der Waals surface area contributed by atoms with E-state index in [-0.39, 0.29) is 13.2 Å². The summed E-state index contributed by atoms with van der Waals surface area (Å²) in [7, 11) is -4.05. The fourth-order valence-corrected chi connectivity index (χ4v) is 3.75. The number of benzene rings is 1. The third-order valence-electron chi connectivity index (χ3n) is 3.82. The molecule has 0 unspecified atom stereocenters. The summed E-state index contributed by atoms with van der Waals surface area (Å²) in [5, 5.41) is 9.42. The Morgan fingerprint density at radius 2 is 1.90 bits per heavy atom. The molecule has 1 aromatic rings. The van der Waals surface area contributed by atoms with E-state index in [1.807, 2.05) is 0 Å². The molecule has 0 aliphatic heterocycles. The lowest BCUT2D eigenvalue weighted by atomic mass is 9.88. The summed E-state index contributed by atoms with van der Waals surface area (Å²) in [5.41, 5.74) is -0.469. The van der Waals surface area contributed by atoms with Gasteiger partial charge >= 0.3 is 0 Å². The summed E-state index contributed by atoms with van der Waals surface area (Å²) >= 11 is 0. The van der Waals surface area contributed by atoms with Crippen molar-refractivity contribution in [3.63, 3.8) is 0 Å². The Balaban J connectivity index is 2.15. The third-order valence-corrected chi connectivity index (χ3v) is 5.25. The van der Waals surface area contributed by atoms with Crippen LogP contribution in [0.3, 0.4) is 0 Å². The van der Waals surface area contributed by atoms with Gasteiger partial charge in [0.2, 0.25) is 10.0 Å². The first-order valence-corrected chi connectivity index (χ1v) is 7.92. The van der Waals surface area contributed by atoms with Crippen LogP contribution in [0.5, 0.6) is 0 Å². The predicted molar refractivity (Wildman–Crippen MR) is 69.5 cm³/mol. The minimum absolute atomic E-state index is 0.0582. The van der Waals surface area contributed by atoms with Gasteiger partial charge in [-0.1, -0.05) is 12.8 Å². The van der Waals surface area contributed by atoms with Crippen molar-refractivity contribution >= 4 is 10.0 Å². The van der Waals surface area contributed by atoms with E-state index in [4.69, 9.17) is 0 Å². The van der Waals surface area contributed by atoms with Crippen molar-refractivity contribution in [3.8, 4) is 0 Å². The van der Waals surface area contributed by atoms with Gasteiger partial charge in [0.1, 0.15) is 16.5 Å². The lowest BCUT2D eigenvalue weighted by molar-refractivity contribution is 0.134. The number of aliphatic hydroxyl groups is 1. The molecular formula is C13H17F2NO3S. The van der Waals surface area contributed by atoms with Crippen LogP contribution in [0.4, 0.5) is 8.78 Å². The molecule has 0 radical (unpaired) electrons. The monoisotopic (exact) mass is 305 g/mol. The minimum Gasteiger partial charge on any atom is -0.396 e. The van der Waals surface area contributed by atoms with Crippen molar-refractivity contribution in [2.75, 3.05) is 13.2 Å². The van der Waals surface area contributed by atoms with Crippen LogP contribution in [-0.2, 0) is 10.0 Å². The molecule has 0 spiro atoms. The second kappa shape index (κ2) is 5.75. The van der Waals surface area contributed by atoms with E-state index in [0.29, 0.717) is 6.07 Å². The quantitative estimate of drug-likeness (QED) is 0.871. The van der Waals surface area contributed by atoms with Crippen molar-refractivity contribution in [2.45, 2.75) is 30.6 Å². The van der Waals surface area contributed by atoms with Crippen molar-refractivity contribution in [2.24, 2.45) is 5.41 Å². The number of halogens is 2. The molecule has 0 aromatic heterocycles. The second-order valence-corrected chi connectivity index (χ2v) is 7.00. The Labute approximate surface area is 116 Å². The summed E-state index contributed by atoms with van der Waals surface area (Å²) in [6.07, 6.45) is 3.34. The van der Waals surface area contributed by atoms with Gasteiger partial charge in [-0.3, -0.25) is 0 Å². The van der Waals surface area contributed by atoms with E-state index in [9.17, 15) is 22.3 Å². The number of aliphatic hydroxyl groups excluding tert-OH is 1. The molecule has 1 aliphatic rings. The summed E-state index contributed by atoms with van der Waals surface area (Å²) < 4.78 is 52.7. The Morgan fingerprint density at radius 1 is 1.25 bits per heavy atom. The van der Waals surface area contributed by atoms with Crippen molar-refractivity contribution in [3.05, 3.63) is 29.8 Å². The molecule has 1 fully saturated rings. The number of nitrogens with one attached hydrogen (secondary N) is 1. The zero-order valence-corrected chi connectivity index (χ0v) is 11.7. The Bertz CT molecular complexity index is 583. The Kier molecular flexibility index (Phi) is 4.41. The van der Waals surface area contributed by atoms with Crippen molar-refractivity contribution in [1.82, 2.24) is 4.72 Å². The molecule has 4 nitrogen and oxygen atoms in total. The van der Waals surface area contributed by atoms with Crippen LogP contribution < -0.4 is 4.72 Å². The van der Waals surface area contributed by atoms with Gasteiger partial charge in [-0.15, -0.1) is 0 Å². The summed E-state index contributed by atoms with van der Waals surface area (Å²) in [6, 6.07) is 2.33. The fraction of sp³-hybridized carbons (Fsp3) is 0.538. The smallest absolute Gasteiger partial charge is 0.243 e. The summed E-state index contributed by atoms with van der Waals surface area (Å²) in [5.74, 6) is -1.95. The lowest BCUT2D eigenvalue weighted by Crippen LogP contribution is -2.38. The van der Waals surface area contributed by atoms with Gasteiger partial charge in [0, 0.05) is 24.6 Å². The zero-order valence-electron chi connectivity index (χ0n) is 10.9. The molecule has 2 N–H and O–H groups in total. The van der Waals surface area contributed by atoms with E-state index >= 15 is 0 Å². The highest BCUT2D eigenvalue weighted by molar-refractivity contribution is 7.89. The van der Waals surface area contributed by atoms with Gasteiger partial charge < -0.3 is 5.11 Å². The van der Waals surface area contributed by atoms with E-state index in [2.05, 4.69) is 4.72 Å². The van der Waals surface area contributed by atoms with Crippen molar-refractivity contribution < 1.29 is 22.3 Å². The largest absolute Gasteiger partial charge is 0.396 e.